The zero-order chi connectivity index (χ0) is 14.3. The Morgan fingerprint density at radius 2 is 1.79 bits per heavy atom. The van der Waals surface area contributed by atoms with Crippen molar-refractivity contribution < 1.29 is 14.3 Å². The number of ketones is 1. The molecule has 1 amide bonds. The molecule has 19 heavy (non-hydrogen) atoms. The van der Waals surface area contributed by atoms with E-state index >= 15 is 0 Å². The summed E-state index contributed by atoms with van der Waals surface area (Å²) in [5.74, 6) is 0.309. The SMILES string of the molecule is CC(C)CC(=O)C(C)NC(=O)OCc1ccccc1. The van der Waals surface area contributed by atoms with E-state index in [0.29, 0.717) is 6.42 Å². The number of amides is 1. The number of nitrogens with one attached hydrogen (secondary N) is 1. The van der Waals surface area contributed by atoms with E-state index in [-0.39, 0.29) is 18.3 Å². The smallest absolute Gasteiger partial charge is 0.408 e. The van der Waals surface area contributed by atoms with Crippen molar-refractivity contribution in [2.24, 2.45) is 5.92 Å². The Balaban J connectivity index is 2.33. The van der Waals surface area contributed by atoms with Crippen LogP contribution in [0.25, 0.3) is 0 Å². The quantitative estimate of drug-likeness (QED) is 0.858. The van der Waals surface area contributed by atoms with Gasteiger partial charge in [0.1, 0.15) is 6.61 Å². The van der Waals surface area contributed by atoms with Crippen LogP contribution in [0.5, 0.6) is 0 Å². The Morgan fingerprint density at radius 3 is 2.37 bits per heavy atom. The third kappa shape index (κ3) is 6.04. The van der Waals surface area contributed by atoms with Crippen molar-refractivity contribution in [3.05, 3.63) is 35.9 Å². The van der Waals surface area contributed by atoms with Crippen LogP contribution in [0.3, 0.4) is 0 Å². The normalized spacial score (nSPS) is 12.0. The highest BCUT2D eigenvalue weighted by atomic mass is 16.5. The summed E-state index contributed by atoms with van der Waals surface area (Å²) in [6, 6.07) is 8.90. The van der Waals surface area contributed by atoms with E-state index in [1.807, 2.05) is 44.2 Å². The van der Waals surface area contributed by atoms with Gasteiger partial charge in [-0.1, -0.05) is 44.2 Å². The topological polar surface area (TPSA) is 55.4 Å². The van der Waals surface area contributed by atoms with Gasteiger partial charge in [-0.15, -0.1) is 0 Å². The van der Waals surface area contributed by atoms with Crippen molar-refractivity contribution in [2.45, 2.75) is 39.8 Å². The fourth-order valence-electron chi connectivity index (χ4n) is 1.60. The fraction of sp³-hybridized carbons (Fsp3) is 0.467. The molecule has 0 radical (unpaired) electrons. The van der Waals surface area contributed by atoms with Gasteiger partial charge in [-0.05, 0) is 18.4 Å². The first kappa shape index (κ1) is 15.2. The summed E-state index contributed by atoms with van der Waals surface area (Å²) in [7, 11) is 0. The van der Waals surface area contributed by atoms with Gasteiger partial charge in [-0.3, -0.25) is 4.79 Å². The molecule has 0 bridgehead atoms. The summed E-state index contributed by atoms with van der Waals surface area (Å²) in [5.41, 5.74) is 0.916. The molecule has 0 saturated carbocycles. The lowest BCUT2D eigenvalue weighted by molar-refractivity contribution is -0.121. The standard InChI is InChI=1S/C15H21NO3/c1-11(2)9-14(17)12(3)16-15(18)19-10-13-7-5-4-6-8-13/h4-8,11-12H,9-10H2,1-3H3,(H,16,18). The van der Waals surface area contributed by atoms with Gasteiger partial charge in [0.25, 0.3) is 0 Å². The number of Topliss-reactive ketones (excluding diaryl/α,β-unsaturated/α-hetero) is 1. The molecule has 0 aliphatic carbocycles. The molecule has 1 N–H and O–H groups in total. The molecule has 0 saturated heterocycles. The van der Waals surface area contributed by atoms with E-state index in [9.17, 15) is 9.59 Å². The first-order valence-corrected chi connectivity index (χ1v) is 6.49. The largest absolute Gasteiger partial charge is 0.445 e. The summed E-state index contributed by atoms with van der Waals surface area (Å²) in [6.07, 6.45) is -0.103. The number of carbonyl (C=O) groups is 2. The molecule has 0 aromatic heterocycles. The van der Waals surface area contributed by atoms with Crippen LogP contribution in [-0.2, 0) is 16.1 Å². The Labute approximate surface area is 114 Å². The van der Waals surface area contributed by atoms with Crippen LogP contribution in [-0.4, -0.2) is 17.9 Å². The van der Waals surface area contributed by atoms with Gasteiger partial charge in [0.15, 0.2) is 5.78 Å². The van der Waals surface area contributed by atoms with Gasteiger partial charge in [-0.25, -0.2) is 4.79 Å². The van der Waals surface area contributed by atoms with E-state index in [2.05, 4.69) is 5.32 Å². The van der Waals surface area contributed by atoms with Crippen LogP contribution in [0.1, 0.15) is 32.8 Å². The van der Waals surface area contributed by atoms with E-state index in [1.165, 1.54) is 0 Å². The van der Waals surface area contributed by atoms with Crippen molar-refractivity contribution in [3.8, 4) is 0 Å². The molecule has 104 valence electrons. The van der Waals surface area contributed by atoms with Gasteiger partial charge in [0, 0.05) is 6.42 Å². The maximum Gasteiger partial charge on any atom is 0.408 e. The number of hydrogen-bond acceptors (Lipinski definition) is 3. The molecule has 1 rings (SSSR count). The monoisotopic (exact) mass is 263 g/mol. The van der Waals surface area contributed by atoms with Gasteiger partial charge in [0.05, 0.1) is 6.04 Å². The van der Waals surface area contributed by atoms with E-state index in [4.69, 9.17) is 4.74 Å². The van der Waals surface area contributed by atoms with Crippen LogP contribution in [0, 0.1) is 5.92 Å². The molecule has 1 atom stereocenters. The fourth-order valence-corrected chi connectivity index (χ4v) is 1.60. The van der Waals surface area contributed by atoms with Crippen LogP contribution in [0.4, 0.5) is 4.79 Å². The lowest BCUT2D eigenvalue weighted by Crippen LogP contribution is -2.39. The molecule has 1 unspecified atom stereocenters. The molecule has 1 aromatic carbocycles. The molecule has 0 aliphatic rings. The van der Waals surface area contributed by atoms with Gasteiger partial charge in [-0.2, -0.15) is 0 Å². The molecule has 4 nitrogen and oxygen atoms in total. The Kier molecular flexibility index (Phi) is 6.06. The predicted octanol–water partition coefficient (Wildman–Crippen LogP) is 2.92. The molecule has 0 fully saturated rings. The molecule has 1 aromatic rings. The van der Waals surface area contributed by atoms with Crippen LogP contribution in [0.15, 0.2) is 30.3 Å². The van der Waals surface area contributed by atoms with Gasteiger partial charge < -0.3 is 10.1 Å². The minimum atomic E-state index is -0.562. The average Bonchev–Trinajstić information content (AvgIpc) is 2.36. The van der Waals surface area contributed by atoms with E-state index in [0.717, 1.165) is 5.56 Å². The molecule has 0 spiro atoms. The number of ether oxygens (including phenoxy) is 1. The molecule has 0 aliphatic heterocycles. The molecule has 0 heterocycles. The summed E-state index contributed by atoms with van der Waals surface area (Å²) in [6.45, 7) is 5.82. The number of benzene rings is 1. The molecular formula is C15H21NO3. The van der Waals surface area contributed by atoms with Crippen LogP contribution < -0.4 is 5.32 Å². The minimum absolute atomic E-state index is 0.0201. The Hall–Kier alpha value is -1.84. The highest BCUT2D eigenvalue weighted by Crippen LogP contribution is 2.04. The first-order valence-electron chi connectivity index (χ1n) is 6.49. The van der Waals surface area contributed by atoms with E-state index < -0.39 is 12.1 Å². The number of hydrogen-bond donors (Lipinski definition) is 1. The zero-order valence-electron chi connectivity index (χ0n) is 11.7. The van der Waals surface area contributed by atoms with Gasteiger partial charge in [0.2, 0.25) is 0 Å². The highest BCUT2D eigenvalue weighted by Gasteiger charge is 2.17. The minimum Gasteiger partial charge on any atom is -0.445 e. The first-order chi connectivity index (χ1) is 8.99. The molecule has 4 heteroatoms. The number of rotatable bonds is 6. The van der Waals surface area contributed by atoms with Crippen molar-refractivity contribution in [3.63, 3.8) is 0 Å². The van der Waals surface area contributed by atoms with Crippen LogP contribution in [0.2, 0.25) is 0 Å². The zero-order valence-corrected chi connectivity index (χ0v) is 11.7. The summed E-state index contributed by atoms with van der Waals surface area (Å²) in [4.78, 5) is 23.2. The van der Waals surface area contributed by atoms with Crippen molar-refractivity contribution in [1.82, 2.24) is 5.32 Å². The lowest BCUT2D eigenvalue weighted by atomic mass is 10.0. The predicted molar refractivity (Wildman–Crippen MR) is 73.7 cm³/mol. The van der Waals surface area contributed by atoms with Crippen molar-refractivity contribution >= 4 is 11.9 Å². The second-order valence-electron chi connectivity index (χ2n) is 4.99. The average molecular weight is 263 g/mol. The summed E-state index contributed by atoms with van der Waals surface area (Å²) in [5, 5.41) is 2.54. The third-order valence-corrected chi connectivity index (χ3v) is 2.64. The lowest BCUT2D eigenvalue weighted by Gasteiger charge is -2.14. The number of carbonyl (C=O) groups excluding carboxylic acids is 2. The highest BCUT2D eigenvalue weighted by molar-refractivity contribution is 5.87. The third-order valence-electron chi connectivity index (χ3n) is 2.64. The van der Waals surface area contributed by atoms with Crippen molar-refractivity contribution in [1.29, 1.82) is 0 Å². The Bertz CT molecular complexity index is 415. The second-order valence-corrected chi connectivity index (χ2v) is 4.99. The second kappa shape index (κ2) is 7.56. The maximum atomic E-state index is 11.7. The summed E-state index contributed by atoms with van der Waals surface area (Å²) >= 11 is 0. The van der Waals surface area contributed by atoms with E-state index in [1.54, 1.807) is 6.92 Å². The van der Waals surface area contributed by atoms with Crippen molar-refractivity contribution in [2.75, 3.05) is 0 Å². The van der Waals surface area contributed by atoms with Gasteiger partial charge >= 0.3 is 6.09 Å². The summed E-state index contributed by atoms with van der Waals surface area (Å²) < 4.78 is 5.05. The van der Waals surface area contributed by atoms with Crippen LogP contribution >= 0.6 is 0 Å². The maximum absolute atomic E-state index is 11.7. The molecular weight excluding hydrogens is 242 g/mol. The Morgan fingerprint density at radius 1 is 1.16 bits per heavy atom. The number of alkyl carbamates (subject to hydrolysis) is 1.